The maximum absolute atomic E-state index is 11.4. The van der Waals surface area contributed by atoms with Crippen molar-refractivity contribution in [3.8, 4) is 5.75 Å². The van der Waals surface area contributed by atoms with Crippen molar-refractivity contribution in [3.63, 3.8) is 0 Å². The third-order valence-electron chi connectivity index (χ3n) is 4.25. The minimum atomic E-state index is -0.527. The number of nitrogens with one attached hydrogen (secondary N) is 1. The SMILES string of the molecule is CC1(C)OB(c2cccc3c2OC(=O)NC3)OC1(C)C. The molecule has 0 unspecified atom stereocenters. The molecule has 20 heavy (non-hydrogen) atoms. The van der Waals surface area contributed by atoms with Crippen molar-refractivity contribution in [2.75, 3.05) is 0 Å². The summed E-state index contributed by atoms with van der Waals surface area (Å²) in [5.41, 5.74) is 0.849. The van der Waals surface area contributed by atoms with Crippen molar-refractivity contribution >= 4 is 18.7 Å². The lowest BCUT2D eigenvalue weighted by atomic mass is 9.77. The average Bonchev–Trinajstić information content (AvgIpc) is 2.57. The highest BCUT2D eigenvalue weighted by Gasteiger charge is 2.52. The second-order valence-electron chi connectivity index (χ2n) is 6.17. The summed E-state index contributed by atoms with van der Waals surface area (Å²) in [4.78, 5) is 11.4. The molecule has 1 aromatic rings. The minimum absolute atomic E-state index is 0.419. The van der Waals surface area contributed by atoms with Crippen molar-refractivity contribution in [2.45, 2.75) is 45.4 Å². The molecular weight excluding hydrogens is 257 g/mol. The quantitative estimate of drug-likeness (QED) is 0.791. The monoisotopic (exact) mass is 275 g/mol. The van der Waals surface area contributed by atoms with Crippen molar-refractivity contribution < 1.29 is 18.8 Å². The first-order chi connectivity index (χ1) is 9.30. The van der Waals surface area contributed by atoms with Crippen LogP contribution in [0.25, 0.3) is 0 Å². The van der Waals surface area contributed by atoms with Crippen LogP contribution in [-0.2, 0) is 15.9 Å². The van der Waals surface area contributed by atoms with Crippen molar-refractivity contribution in [1.82, 2.24) is 5.32 Å². The number of ether oxygens (including phenoxy) is 1. The van der Waals surface area contributed by atoms with Gasteiger partial charge in [0.2, 0.25) is 0 Å². The molecule has 106 valence electrons. The number of rotatable bonds is 1. The van der Waals surface area contributed by atoms with Crippen LogP contribution in [0.3, 0.4) is 0 Å². The Kier molecular flexibility index (Phi) is 2.85. The molecule has 1 aromatic carbocycles. The van der Waals surface area contributed by atoms with Gasteiger partial charge in [-0.05, 0) is 27.7 Å². The summed E-state index contributed by atoms with van der Waals surface area (Å²) in [6.07, 6.45) is -0.443. The molecule has 0 saturated carbocycles. The number of benzene rings is 1. The average molecular weight is 275 g/mol. The summed E-state index contributed by atoms with van der Waals surface area (Å²) in [6, 6.07) is 5.71. The molecule has 2 aliphatic heterocycles. The zero-order chi connectivity index (χ0) is 14.5. The van der Waals surface area contributed by atoms with Gasteiger partial charge in [-0.25, -0.2) is 4.79 Å². The van der Waals surface area contributed by atoms with Gasteiger partial charge < -0.3 is 19.4 Å². The summed E-state index contributed by atoms with van der Waals surface area (Å²) < 4.78 is 17.3. The molecule has 6 heteroatoms. The van der Waals surface area contributed by atoms with Crippen LogP contribution in [-0.4, -0.2) is 24.4 Å². The van der Waals surface area contributed by atoms with E-state index in [0.717, 1.165) is 11.0 Å². The van der Waals surface area contributed by atoms with E-state index in [2.05, 4.69) is 5.32 Å². The Bertz CT molecular complexity index is 554. The van der Waals surface area contributed by atoms with Crippen LogP contribution in [0.4, 0.5) is 4.79 Å². The van der Waals surface area contributed by atoms with Gasteiger partial charge in [0, 0.05) is 17.6 Å². The second-order valence-corrected chi connectivity index (χ2v) is 6.17. The van der Waals surface area contributed by atoms with Crippen molar-refractivity contribution in [2.24, 2.45) is 0 Å². The standard InChI is InChI=1S/C14H18BNO4/c1-13(2)14(3,4)20-15(19-13)10-7-5-6-9-8-16-12(17)18-11(9)10/h5-7H,8H2,1-4H3,(H,16,17). The van der Waals surface area contributed by atoms with Gasteiger partial charge in [-0.2, -0.15) is 0 Å². The third-order valence-corrected chi connectivity index (χ3v) is 4.25. The molecule has 0 radical (unpaired) electrons. The largest absolute Gasteiger partial charge is 0.498 e. The lowest BCUT2D eigenvalue weighted by molar-refractivity contribution is 0.00578. The Balaban J connectivity index is 1.99. The van der Waals surface area contributed by atoms with Crippen LogP contribution in [0, 0.1) is 0 Å². The number of fused-ring (bicyclic) bond motifs is 1. The minimum Gasteiger partial charge on any atom is -0.410 e. The molecule has 2 aliphatic rings. The fourth-order valence-electron chi connectivity index (χ4n) is 2.32. The molecule has 0 aromatic heterocycles. The predicted octanol–water partition coefficient (Wildman–Crippen LogP) is 1.59. The van der Waals surface area contributed by atoms with Crippen LogP contribution in [0.1, 0.15) is 33.3 Å². The maximum atomic E-state index is 11.4. The van der Waals surface area contributed by atoms with E-state index >= 15 is 0 Å². The Morgan fingerprint density at radius 1 is 1.15 bits per heavy atom. The molecule has 1 N–H and O–H groups in total. The Morgan fingerprint density at radius 2 is 1.80 bits per heavy atom. The number of para-hydroxylation sites is 1. The van der Waals surface area contributed by atoms with E-state index in [0.29, 0.717) is 12.3 Å². The molecule has 1 fully saturated rings. The van der Waals surface area contributed by atoms with Crippen LogP contribution in [0.5, 0.6) is 5.75 Å². The molecule has 1 saturated heterocycles. The van der Waals surface area contributed by atoms with Gasteiger partial charge in [0.15, 0.2) is 0 Å². The number of hydrogen-bond donors (Lipinski definition) is 1. The molecule has 0 atom stereocenters. The number of hydrogen-bond acceptors (Lipinski definition) is 4. The number of amides is 1. The van der Waals surface area contributed by atoms with Crippen LogP contribution in [0.2, 0.25) is 0 Å². The lowest BCUT2D eigenvalue weighted by Gasteiger charge is -2.32. The van der Waals surface area contributed by atoms with Crippen LogP contribution in [0.15, 0.2) is 18.2 Å². The summed E-state index contributed by atoms with van der Waals surface area (Å²) in [5, 5.41) is 2.65. The lowest BCUT2D eigenvalue weighted by Crippen LogP contribution is -2.41. The summed E-state index contributed by atoms with van der Waals surface area (Å²) in [5.74, 6) is 0.551. The zero-order valence-electron chi connectivity index (χ0n) is 12.1. The van der Waals surface area contributed by atoms with E-state index in [-0.39, 0.29) is 0 Å². The highest BCUT2D eigenvalue weighted by atomic mass is 16.7. The predicted molar refractivity (Wildman–Crippen MR) is 75.0 cm³/mol. The third kappa shape index (κ3) is 1.99. The topological polar surface area (TPSA) is 56.8 Å². The molecule has 5 nitrogen and oxygen atoms in total. The van der Waals surface area contributed by atoms with Crippen molar-refractivity contribution in [3.05, 3.63) is 23.8 Å². The summed E-state index contributed by atoms with van der Waals surface area (Å²) in [6.45, 7) is 8.44. The number of carbonyl (C=O) groups is 1. The van der Waals surface area contributed by atoms with E-state index in [1.54, 1.807) is 0 Å². The van der Waals surface area contributed by atoms with E-state index in [1.807, 2.05) is 45.9 Å². The van der Waals surface area contributed by atoms with E-state index < -0.39 is 24.4 Å². The molecular formula is C14H18BNO4. The summed E-state index contributed by atoms with van der Waals surface area (Å²) >= 11 is 0. The Labute approximate surface area is 118 Å². The molecule has 0 spiro atoms. The normalized spacial score (nSPS) is 23.0. The smallest absolute Gasteiger partial charge is 0.410 e. The number of carbonyl (C=O) groups excluding carboxylic acids is 1. The highest BCUT2D eigenvalue weighted by Crippen LogP contribution is 2.37. The van der Waals surface area contributed by atoms with Crippen LogP contribution >= 0.6 is 0 Å². The van der Waals surface area contributed by atoms with Crippen molar-refractivity contribution in [1.29, 1.82) is 0 Å². The molecule has 3 rings (SSSR count). The highest BCUT2D eigenvalue weighted by molar-refractivity contribution is 6.63. The fourth-order valence-corrected chi connectivity index (χ4v) is 2.32. The Hall–Kier alpha value is -1.53. The first-order valence-corrected chi connectivity index (χ1v) is 6.73. The zero-order valence-corrected chi connectivity index (χ0v) is 12.1. The summed E-state index contributed by atoms with van der Waals surface area (Å²) in [7, 11) is -0.527. The van der Waals surface area contributed by atoms with Gasteiger partial charge in [-0.1, -0.05) is 18.2 Å². The van der Waals surface area contributed by atoms with E-state index in [9.17, 15) is 4.79 Å². The van der Waals surface area contributed by atoms with Gasteiger partial charge in [-0.15, -0.1) is 0 Å². The van der Waals surface area contributed by atoms with Crippen LogP contribution < -0.4 is 15.5 Å². The first kappa shape index (κ1) is 13.5. The maximum Gasteiger partial charge on any atom is 0.498 e. The van der Waals surface area contributed by atoms with E-state index in [4.69, 9.17) is 14.0 Å². The van der Waals surface area contributed by atoms with Gasteiger partial charge in [-0.3, -0.25) is 0 Å². The fraction of sp³-hybridized carbons (Fsp3) is 0.500. The Morgan fingerprint density at radius 3 is 2.45 bits per heavy atom. The first-order valence-electron chi connectivity index (χ1n) is 6.73. The molecule has 1 amide bonds. The van der Waals surface area contributed by atoms with Gasteiger partial charge in [0.25, 0.3) is 0 Å². The van der Waals surface area contributed by atoms with E-state index in [1.165, 1.54) is 0 Å². The second kappa shape index (κ2) is 4.23. The van der Waals surface area contributed by atoms with Gasteiger partial charge in [0.1, 0.15) is 5.75 Å². The van der Waals surface area contributed by atoms with Gasteiger partial charge >= 0.3 is 13.2 Å². The molecule has 0 bridgehead atoms. The van der Waals surface area contributed by atoms with Gasteiger partial charge in [0.05, 0.1) is 11.2 Å². The molecule has 0 aliphatic carbocycles. The molecule has 2 heterocycles.